The second kappa shape index (κ2) is 9.58. The number of ether oxygens (including phenoxy) is 2. The maximum atomic E-state index is 12.8. The van der Waals surface area contributed by atoms with Gasteiger partial charge in [0.05, 0.1) is 11.5 Å². The summed E-state index contributed by atoms with van der Waals surface area (Å²) in [5.74, 6) is 2.41. The number of rotatable bonds is 9. The fourth-order valence-electron chi connectivity index (χ4n) is 2.94. The minimum absolute atomic E-state index is 0.0514. The SMILES string of the molecule is CCOc1ccc(Oc2ccc(S(=O)(=O)NCc3cccnc3-n3cncn3)cc2)cc1. The van der Waals surface area contributed by atoms with E-state index in [9.17, 15) is 8.42 Å². The second-order valence-corrected chi connectivity index (χ2v) is 8.40. The van der Waals surface area contributed by atoms with Crippen LogP contribution in [0.2, 0.25) is 0 Å². The van der Waals surface area contributed by atoms with Crippen molar-refractivity contribution in [2.24, 2.45) is 0 Å². The Hall–Kier alpha value is -3.76. The Labute approximate surface area is 185 Å². The third kappa shape index (κ3) is 5.10. The van der Waals surface area contributed by atoms with Gasteiger partial charge in [0.25, 0.3) is 0 Å². The summed E-state index contributed by atoms with van der Waals surface area (Å²) in [6.07, 6.45) is 4.50. The Morgan fingerprint density at radius 1 is 0.969 bits per heavy atom. The van der Waals surface area contributed by atoms with E-state index in [1.807, 2.05) is 19.1 Å². The van der Waals surface area contributed by atoms with Gasteiger partial charge in [-0.2, -0.15) is 5.10 Å². The minimum Gasteiger partial charge on any atom is -0.494 e. The molecule has 0 saturated heterocycles. The highest BCUT2D eigenvalue weighted by atomic mass is 32.2. The lowest BCUT2D eigenvalue weighted by atomic mass is 10.2. The van der Waals surface area contributed by atoms with Gasteiger partial charge >= 0.3 is 0 Å². The zero-order chi connectivity index (χ0) is 22.4. The van der Waals surface area contributed by atoms with E-state index in [0.717, 1.165) is 5.75 Å². The van der Waals surface area contributed by atoms with Crippen molar-refractivity contribution in [2.45, 2.75) is 18.4 Å². The Morgan fingerprint density at radius 2 is 1.66 bits per heavy atom. The molecule has 0 amide bonds. The molecule has 0 bridgehead atoms. The molecule has 0 aliphatic heterocycles. The van der Waals surface area contributed by atoms with Gasteiger partial charge < -0.3 is 9.47 Å². The minimum atomic E-state index is -3.74. The molecule has 2 aromatic carbocycles. The van der Waals surface area contributed by atoms with Crippen LogP contribution in [-0.4, -0.2) is 34.8 Å². The quantitative estimate of drug-likeness (QED) is 0.416. The van der Waals surface area contributed by atoms with Crippen LogP contribution in [0.3, 0.4) is 0 Å². The van der Waals surface area contributed by atoms with Crippen LogP contribution in [0, 0.1) is 0 Å². The summed E-state index contributed by atoms with van der Waals surface area (Å²) in [4.78, 5) is 8.29. The van der Waals surface area contributed by atoms with E-state index in [2.05, 4.69) is 19.8 Å². The summed E-state index contributed by atoms with van der Waals surface area (Å²) in [6.45, 7) is 2.56. The van der Waals surface area contributed by atoms with E-state index in [4.69, 9.17) is 9.47 Å². The Kier molecular flexibility index (Phi) is 6.43. The predicted molar refractivity (Wildman–Crippen MR) is 117 cm³/mol. The van der Waals surface area contributed by atoms with Crippen molar-refractivity contribution in [2.75, 3.05) is 6.61 Å². The smallest absolute Gasteiger partial charge is 0.240 e. The van der Waals surface area contributed by atoms with Crippen molar-refractivity contribution in [1.29, 1.82) is 0 Å². The van der Waals surface area contributed by atoms with Crippen LogP contribution in [0.15, 0.2) is 84.4 Å². The van der Waals surface area contributed by atoms with Gasteiger partial charge in [0.1, 0.15) is 29.9 Å². The number of nitrogens with one attached hydrogen (secondary N) is 1. The van der Waals surface area contributed by atoms with E-state index >= 15 is 0 Å². The molecular formula is C22H21N5O4S. The highest BCUT2D eigenvalue weighted by Crippen LogP contribution is 2.25. The number of hydrogen-bond donors (Lipinski definition) is 1. The number of benzene rings is 2. The number of aromatic nitrogens is 4. The average Bonchev–Trinajstić information content (AvgIpc) is 3.35. The number of pyridine rings is 1. The number of sulfonamides is 1. The summed E-state index contributed by atoms with van der Waals surface area (Å²) in [7, 11) is -3.74. The van der Waals surface area contributed by atoms with Gasteiger partial charge in [-0.1, -0.05) is 6.07 Å². The molecule has 0 radical (unpaired) electrons. The zero-order valence-electron chi connectivity index (χ0n) is 17.2. The molecule has 4 rings (SSSR count). The van der Waals surface area contributed by atoms with E-state index < -0.39 is 10.0 Å². The van der Waals surface area contributed by atoms with Gasteiger partial charge in [-0.15, -0.1) is 0 Å². The molecular weight excluding hydrogens is 430 g/mol. The molecule has 0 aliphatic carbocycles. The summed E-state index contributed by atoms with van der Waals surface area (Å²) in [6, 6.07) is 16.9. The third-order valence-corrected chi connectivity index (χ3v) is 5.88. The van der Waals surface area contributed by atoms with Crippen LogP contribution in [-0.2, 0) is 16.6 Å². The Bertz CT molecular complexity index is 1260. The van der Waals surface area contributed by atoms with Gasteiger partial charge in [-0.05, 0) is 61.5 Å². The summed E-state index contributed by atoms with van der Waals surface area (Å²) < 4.78 is 40.8. The van der Waals surface area contributed by atoms with Gasteiger partial charge in [0, 0.05) is 18.3 Å². The van der Waals surface area contributed by atoms with Gasteiger partial charge in [-0.3, -0.25) is 0 Å². The van der Waals surface area contributed by atoms with Gasteiger partial charge in [-0.25, -0.2) is 27.8 Å². The van der Waals surface area contributed by atoms with Crippen LogP contribution >= 0.6 is 0 Å². The molecule has 32 heavy (non-hydrogen) atoms. The van der Waals surface area contributed by atoms with Crippen LogP contribution in [0.25, 0.3) is 5.82 Å². The lowest BCUT2D eigenvalue weighted by molar-refractivity contribution is 0.339. The van der Waals surface area contributed by atoms with Crippen LogP contribution < -0.4 is 14.2 Å². The average molecular weight is 452 g/mol. The largest absolute Gasteiger partial charge is 0.494 e. The van der Waals surface area contributed by atoms with Crippen molar-refractivity contribution in [1.82, 2.24) is 24.5 Å². The second-order valence-electron chi connectivity index (χ2n) is 6.63. The lowest BCUT2D eigenvalue weighted by Crippen LogP contribution is -2.24. The first-order chi connectivity index (χ1) is 15.5. The monoisotopic (exact) mass is 451 g/mol. The maximum absolute atomic E-state index is 12.8. The third-order valence-electron chi connectivity index (χ3n) is 4.46. The summed E-state index contributed by atoms with van der Waals surface area (Å²) in [5.41, 5.74) is 0.664. The van der Waals surface area contributed by atoms with Crippen LogP contribution in [0.1, 0.15) is 12.5 Å². The molecule has 1 N–H and O–H groups in total. The fourth-order valence-corrected chi connectivity index (χ4v) is 3.95. The normalized spacial score (nSPS) is 11.3. The Balaban J connectivity index is 1.42. The van der Waals surface area contributed by atoms with Gasteiger partial charge in [0.2, 0.25) is 10.0 Å². The van der Waals surface area contributed by atoms with Gasteiger partial charge in [0.15, 0.2) is 5.82 Å². The molecule has 0 aliphatic rings. The fraction of sp³-hybridized carbons (Fsp3) is 0.136. The van der Waals surface area contributed by atoms with Crippen molar-refractivity contribution < 1.29 is 17.9 Å². The van der Waals surface area contributed by atoms with Crippen LogP contribution in [0.4, 0.5) is 0 Å². The standard InChI is InChI=1S/C22H21N5O4S/c1-2-30-18-5-7-19(8-6-18)31-20-9-11-21(12-10-20)32(28,29)26-14-17-4-3-13-24-22(17)27-16-23-15-25-27/h3-13,15-16,26H,2,14H2,1H3. The van der Waals surface area contributed by atoms with Crippen molar-refractivity contribution in [3.05, 3.63) is 85.1 Å². The molecule has 0 spiro atoms. The summed E-state index contributed by atoms with van der Waals surface area (Å²) >= 11 is 0. The van der Waals surface area contributed by atoms with E-state index in [1.54, 1.807) is 42.6 Å². The van der Waals surface area contributed by atoms with E-state index in [1.165, 1.54) is 29.5 Å². The first-order valence-electron chi connectivity index (χ1n) is 9.84. The molecule has 10 heteroatoms. The van der Waals surface area contributed by atoms with Crippen molar-refractivity contribution in [3.63, 3.8) is 0 Å². The predicted octanol–water partition coefficient (Wildman–Crippen LogP) is 3.33. The molecule has 2 heterocycles. The molecule has 0 fully saturated rings. The molecule has 2 aromatic heterocycles. The summed E-state index contributed by atoms with van der Waals surface area (Å²) in [5, 5.41) is 4.05. The highest BCUT2D eigenvalue weighted by Gasteiger charge is 2.16. The van der Waals surface area contributed by atoms with Crippen molar-refractivity contribution in [3.8, 4) is 23.1 Å². The highest BCUT2D eigenvalue weighted by molar-refractivity contribution is 7.89. The van der Waals surface area contributed by atoms with E-state index in [-0.39, 0.29) is 11.4 Å². The van der Waals surface area contributed by atoms with Crippen molar-refractivity contribution >= 4 is 10.0 Å². The maximum Gasteiger partial charge on any atom is 0.240 e. The molecule has 4 aromatic rings. The first kappa shape index (κ1) is 21.5. The van der Waals surface area contributed by atoms with Crippen LogP contribution in [0.5, 0.6) is 17.2 Å². The number of nitrogens with zero attached hydrogens (tertiary/aromatic N) is 4. The molecule has 9 nitrogen and oxygen atoms in total. The first-order valence-corrected chi connectivity index (χ1v) is 11.3. The molecule has 0 saturated carbocycles. The number of hydrogen-bond acceptors (Lipinski definition) is 7. The zero-order valence-corrected chi connectivity index (χ0v) is 18.1. The molecule has 0 atom stereocenters. The molecule has 0 unspecified atom stereocenters. The van der Waals surface area contributed by atoms with E-state index in [0.29, 0.717) is 29.5 Å². The lowest BCUT2D eigenvalue weighted by Gasteiger charge is -2.11. The Morgan fingerprint density at radius 3 is 2.31 bits per heavy atom. The topological polar surface area (TPSA) is 108 Å². The molecule has 164 valence electrons.